The average Bonchev–Trinajstić information content (AvgIpc) is 3.29. The zero-order valence-electron chi connectivity index (χ0n) is 21.1. The Morgan fingerprint density at radius 3 is 2.43 bits per heavy atom. The van der Waals surface area contributed by atoms with Crippen LogP contribution in [-0.4, -0.2) is 39.1 Å². The molecule has 1 atom stereocenters. The van der Waals surface area contributed by atoms with Gasteiger partial charge in [0.25, 0.3) is 5.91 Å². The van der Waals surface area contributed by atoms with Gasteiger partial charge in [-0.05, 0) is 48.7 Å². The Labute approximate surface area is 215 Å². The summed E-state index contributed by atoms with van der Waals surface area (Å²) in [5.74, 6) is -0.869. The SMILES string of the molecule is Cc1nn(Cc2ccccc2)c(C)c1CNC(=O)CN1C(=O)N[C@@](C)(c2ccc3ccccc3c2)C1=O. The fourth-order valence-corrected chi connectivity index (χ4v) is 4.82. The Kier molecular flexibility index (Phi) is 6.25. The molecule has 0 bridgehead atoms. The van der Waals surface area contributed by atoms with Crippen molar-refractivity contribution < 1.29 is 14.4 Å². The molecule has 0 radical (unpaired) electrons. The van der Waals surface area contributed by atoms with Gasteiger partial charge in [0.05, 0.1) is 12.2 Å². The molecule has 8 nitrogen and oxygen atoms in total. The van der Waals surface area contributed by atoms with Crippen molar-refractivity contribution in [2.24, 2.45) is 0 Å². The summed E-state index contributed by atoms with van der Waals surface area (Å²) < 4.78 is 1.92. The van der Waals surface area contributed by atoms with Gasteiger partial charge < -0.3 is 10.6 Å². The number of fused-ring (bicyclic) bond motifs is 1. The van der Waals surface area contributed by atoms with E-state index >= 15 is 0 Å². The molecule has 1 aliphatic heterocycles. The Hall–Kier alpha value is -4.46. The molecular weight excluding hydrogens is 466 g/mol. The van der Waals surface area contributed by atoms with E-state index in [1.165, 1.54) is 0 Å². The molecule has 1 aromatic heterocycles. The smallest absolute Gasteiger partial charge is 0.325 e. The number of hydrogen-bond acceptors (Lipinski definition) is 4. The van der Waals surface area contributed by atoms with E-state index in [1.807, 2.05) is 91.3 Å². The van der Waals surface area contributed by atoms with Gasteiger partial charge in [0, 0.05) is 17.8 Å². The first-order valence-electron chi connectivity index (χ1n) is 12.2. The number of nitrogens with zero attached hydrogens (tertiary/aromatic N) is 3. The number of urea groups is 1. The van der Waals surface area contributed by atoms with Crippen LogP contribution in [0.1, 0.15) is 35.0 Å². The largest absolute Gasteiger partial charge is 0.350 e. The van der Waals surface area contributed by atoms with Gasteiger partial charge in [-0.2, -0.15) is 5.10 Å². The van der Waals surface area contributed by atoms with E-state index < -0.39 is 23.4 Å². The average molecular weight is 496 g/mol. The van der Waals surface area contributed by atoms with E-state index in [0.29, 0.717) is 12.1 Å². The molecule has 37 heavy (non-hydrogen) atoms. The van der Waals surface area contributed by atoms with E-state index in [0.717, 1.165) is 38.2 Å². The highest BCUT2D eigenvalue weighted by Crippen LogP contribution is 2.31. The third-order valence-corrected chi connectivity index (χ3v) is 7.07. The summed E-state index contributed by atoms with van der Waals surface area (Å²) in [5.41, 5.74) is 3.27. The molecule has 0 aliphatic carbocycles. The Morgan fingerprint density at radius 2 is 1.68 bits per heavy atom. The number of hydrogen-bond donors (Lipinski definition) is 2. The predicted molar refractivity (Wildman–Crippen MR) is 141 cm³/mol. The molecule has 2 N–H and O–H groups in total. The number of amides is 4. The molecule has 4 amide bonds. The van der Waals surface area contributed by atoms with Gasteiger partial charge in [0.1, 0.15) is 12.1 Å². The van der Waals surface area contributed by atoms with E-state index in [9.17, 15) is 14.4 Å². The highest BCUT2D eigenvalue weighted by Gasteiger charge is 2.49. The molecule has 1 saturated heterocycles. The molecule has 1 aliphatic rings. The van der Waals surface area contributed by atoms with Crippen LogP contribution in [-0.2, 0) is 28.2 Å². The number of benzene rings is 3. The summed E-state index contributed by atoms with van der Waals surface area (Å²) in [6, 6.07) is 22.9. The van der Waals surface area contributed by atoms with Crippen molar-refractivity contribution in [3.63, 3.8) is 0 Å². The lowest BCUT2D eigenvalue weighted by Gasteiger charge is -2.22. The number of nitrogens with one attached hydrogen (secondary N) is 2. The predicted octanol–water partition coefficient (Wildman–Crippen LogP) is 3.78. The van der Waals surface area contributed by atoms with Crippen molar-refractivity contribution in [1.29, 1.82) is 0 Å². The second-order valence-electron chi connectivity index (χ2n) is 9.58. The van der Waals surface area contributed by atoms with E-state index in [4.69, 9.17) is 0 Å². The summed E-state index contributed by atoms with van der Waals surface area (Å²) >= 11 is 0. The Balaban J connectivity index is 1.25. The zero-order chi connectivity index (χ0) is 26.2. The van der Waals surface area contributed by atoms with Crippen LogP contribution in [0.5, 0.6) is 0 Å². The molecule has 8 heteroatoms. The summed E-state index contributed by atoms with van der Waals surface area (Å²) in [6.07, 6.45) is 0. The fourth-order valence-electron chi connectivity index (χ4n) is 4.82. The minimum absolute atomic E-state index is 0.261. The number of aromatic nitrogens is 2. The first-order valence-corrected chi connectivity index (χ1v) is 12.2. The molecule has 1 fully saturated rings. The molecule has 3 aromatic carbocycles. The number of imide groups is 1. The van der Waals surface area contributed by atoms with E-state index in [1.54, 1.807) is 6.92 Å². The molecule has 0 saturated carbocycles. The lowest BCUT2D eigenvalue weighted by atomic mass is 9.90. The number of rotatable bonds is 7. The maximum atomic E-state index is 13.3. The van der Waals surface area contributed by atoms with Gasteiger partial charge in [0.2, 0.25) is 5.91 Å². The second-order valence-corrected chi connectivity index (χ2v) is 9.58. The standard InChI is InChI=1S/C29H29N5O3/c1-19-25(20(2)34(32-19)17-21-9-5-4-6-10-21)16-30-26(35)18-33-27(36)29(3,31-28(33)37)24-14-13-22-11-7-8-12-23(22)15-24/h4-15H,16-18H2,1-3H3,(H,30,35)(H,31,37)/t29-/m0/s1. The van der Waals surface area contributed by atoms with Crippen molar-refractivity contribution in [2.75, 3.05) is 6.54 Å². The first-order chi connectivity index (χ1) is 17.8. The van der Waals surface area contributed by atoms with Crippen LogP contribution in [0.15, 0.2) is 72.8 Å². The van der Waals surface area contributed by atoms with Crippen LogP contribution in [0.2, 0.25) is 0 Å². The highest BCUT2D eigenvalue weighted by molar-refractivity contribution is 6.09. The van der Waals surface area contributed by atoms with Crippen molar-refractivity contribution in [3.05, 3.63) is 101 Å². The molecule has 0 spiro atoms. The quantitative estimate of drug-likeness (QED) is 0.382. The number of carbonyl (C=O) groups excluding carboxylic acids is 3. The molecular formula is C29H29N5O3. The molecule has 2 heterocycles. The molecule has 188 valence electrons. The van der Waals surface area contributed by atoms with Gasteiger partial charge >= 0.3 is 6.03 Å². The topological polar surface area (TPSA) is 96.3 Å². The fraction of sp³-hybridized carbons (Fsp3) is 0.241. The zero-order valence-corrected chi connectivity index (χ0v) is 21.1. The van der Waals surface area contributed by atoms with E-state index in [2.05, 4.69) is 15.7 Å². The third-order valence-electron chi connectivity index (χ3n) is 7.07. The third kappa shape index (κ3) is 4.58. The highest BCUT2D eigenvalue weighted by atomic mass is 16.2. The van der Waals surface area contributed by atoms with Gasteiger partial charge in [-0.3, -0.25) is 19.2 Å². The van der Waals surface area contributed by atoms with Crippen LogP contribution in [0.25, 0.3) is 10.8 Å². The Bertz CT molecular complexity index is 1510. The molecule has 0 unspecified atom stereocenters. The summed E-state index contributed by atoms with van der Waals surface area (Å²) in [4.78, 5) is 39.8. The number of carbonyl (C=O) groups is 3. The Morgan fingerprint density at radius 1 is 0.973 bits per heavy atom. The maximum Gasteiger partial charge on any atom is 0.325 e. The molecule has 4 aromatic rings. The van der Waals surface area contributed by atoms with Crippen LogP contribution in [0.3, 0.4) is 0 Å². The minimum Gasteiger partial charge on any atom is -0.350 e. The van der Waals surface area contributed by atoms with Crippen LogP contribution in [0, 0.1) is 13.8 Å². The van der Waals surface area contributed by atoms with Crippen LogP contribution < -0.4 is 10.6 Å². The minimum atomic E-state index is -1.24. The summed E-state index contributed by atoms with van der Waals surface area (Å²) in [7, 11) is 0. The number of aryl methyl sites for hydroxylation is 1. The van der Waals surface area contributed by atoms with Crippen molar-refractivity contribution >= 4 is 28.6 Å². The monoisotopic (exact) mass is 495 g/mol. The summed E-state index contributed by atoms with van der Waals surface area (Å²) in [5, 5.41) is 12.3. The van der Waals surface area contributed by atoms with Gasteiger partial charge in [-0.25, -0.2) is 4.79 Å². The van der Waals surface area contributed by atoms with E-state index in [-0.39, 0.29) is 13.1 Å². The van der Waals surface area contributed by atoms with Crippen molar-refractivity contribution in [2.45, 2.75) is 39.4 Å². The van der Waals surface area contributed by atoms with Crippen molar-refractivity contribution in [1.82, 2.24) is 25.3 Å². The first kappa shape index (κ1) is 24.2. The van der Waals surface area contributed by atoms with Crippen LogP contribution >= 0.6 is 0 Å². The normalized spacial score (nSPS) is 17.3. The van der Waals surface area contributed by atoms with Gasteiger partial charge in [-0.1, -0.05) is 66.7 Å². The lowest BCUT2D eigenvalue weighted by molar-refractivity contribution is -0.134. The van der Waals surface area contributed by atoms with Gasteiger partial charge in [-0.15, -0.1) is 0 Å². The van der Waals surface area contributed by atoms with Gasteiger partial charge in [0.15, 0.2) is 0 Å². The molecule has 5 rings (SSSR count). The maximum absolute atomic E-state index is 13.3. The van der Waals surface area contributed by atoms with Crippen molar-refractivity contribution in [3.8, 4) is 0 Å². The second kappa shape index (κ2) is 9.54. The van der Waals surface area contributed by atoms with Crippen LogP contribution in [0.4, 0.5) is 4.79 Å². The lowest BCUT2D eigenvalue weighted by Crippen LogP contribution is -2.43. The summed E-state index contributed by atoms with van der Waals surface area (Å²) in [6.45, 7) is 6.08.